The van der Waals surface area contributed by atoms with Crippen molar-refractivity contribution < 1.29 is 9.18 Å². The van der Waals surface area contributed by atoms with E-state index in [4.69, 9.17) is 5.84 Å². The predicted octanol–water partition coefficient (Wildman–Crippen LogP) is 1.78. The van der Waals surface area contributed by atoms with E-state index in [0.717, 1.165) is 0 Å². The van der Waals surface area contributed by atoms with Crippen LogP contribution < -0.4 is 16.2 Å². The fourth-order valence-corrected chi connectivity index (χ4v) is 1.64. The zero-order valence-corrected chi connectivity index (χ0v) is 10.3. The smallest absolute Gasteiger partial charge is 0.258 e. The second kappa shape index (κ2) is 5.45. The average molecular weight is 260 g/mol. The van der Waals surface area contributed by atoms with Gasteiger partial charge in [-0.15, -0.1) is 0 Å². The molecule has 19 heavy (non-hydrogen) atoms. The van der Waals surface area contributed by atoms with Gasteiger partial charge in [-0.2, -0.15) is 0 Å². The van der Waals surface area contributed by atoms with Gasteiger partial charge in [0.15, 0.2) is 0 Å². The monoisotopic (exact) mass is 260 g/mol. The van der Waals surface area contributed by atoms with E-state index >= 15 is 0 Å². The summed E-state index contributed by atoms with van der Waals surface area (Å²) in [7, 11) is 1.58. The fraction of sp³-hybridized carbons (Fsp3) is 0.0769. The first-order chi connectivity index (χ1) is 9.11. The second-order valence-electron chi connectivity index (χ2n) is 3.92. The van der Waals surface area contributed by atoms with E-state index in [0.29, 0.717) is 17.1 Å². The minimum absolute atomic E-state index is 0.274. The summed E-state index contributed by atoms with van der Waals surface area (Å²) in [6, 6.07) is 8.92. The molecule has 0 bridgehead atoms. The maximum absolute atomic E-state index is 13.1. The molecule has 0 aliphatic carbocycles. The van der Waals surface area contributed by atoms with Crippen LogP contribution in [0, 0.1) is 5.82 Å². The number of halogens is 1. The van der Waals surface area contributed by atoms with Crippen LogP contribution in [0.2, 0.25) is 0 Å². The minimum atomic E-state index is -0.392. The number of pyridine rings is 1. The zero-order chi connectivity index (χ0) is 13.8. The van der Waals surface area contributed by atoms with Gasteiger partial charge in [-0.25, -0.2) is 15.2 Å². The number of amides is 1. The molecule has 6 heteroatoms. The Kier molecular flexibility index (Phi) is 3.72. The second-order valence-corrected chi connectivity index (χ2v) is 3.92. The first-order valence-electron chi connectivity index (χ1n) is 5.58. The lowest BCUT2D eigenvalue weighted by atomic mass is 10.2. The summed E-state index contributed by atoms with van der Waals surface area (Å²) in [5.41, 5.74) is 3.26. The third-order valence-electron chi connectivity index (χ3n) is 2.65. The maximum Gasteiger partial charge on any atom is 0.258 e. The van der Waals surface area contributed by atoms with Crippen LogP contribution in [0.3, 0.4) is 0 Å². The van der Waals surface area contributed by atoms with E-state index < -0.39 is 5.82 Å². The molecule has 0 fully saturated rings. The number of carbonyl (C=O) groups excluding carboxylic acids is 1. The molecule has 1 heterocycles. The third-order valence-corrected chi connectivity index (χ3v) is 2.65. The Morgan fingerprint density at radius 3 is 2.84 bits per heavy atom. The summed E-state index contributed by atoms with van der Waals surface area (Å²) in [4.78, 5) is 17.5. The topological polar surface area (TPSA) is 71.2 Å². The molecule has 98 valence electrons. The molecule has 0 aliphatic heterocycles. The SMILES string of the molecule is CN(C(=O)c1ccnc(NN)c1)c1cccc(F)c1. The highest BCUT2D eigenvalue weighted by Gasteiger charge is 2.14. The molecule has 2 rings (SSSR count). The summed E-state index contributed by atoms with van der Waals surface area (Å²) in [6.45, 7) is 0. The molecule has 0 radical (unpaired) electrons. The lowest BCUT2D eigenvalue weighted by molar-refractivity contribution is 0.0993. The lowest BCUT2D eigenvalue weighted by Gasteiger charge is -2.17. The van der Waals surface area contributed by atoms with E-state index in [2.05, 4.69) is 10.4 Å². The van der Waals surface area contributed by atoms with Gasteiger partial charge in [0, 0.05) is 24.5 Å². The normalized spacial score (nSPS) is 10.1. The molecule has 0 unspecified atom stereocenters. The van der Waals surface area contributed by atoms with E-state index in [1.807, 2.05) is 0 Å². The molecule has 5 nitrogen and oxygen atoms in total. The number of nitrogens with zero attached hydrogens (tertiary/aromatic N) is 2. The van der Waals surface area contributed by atoms with Crippen molar-refractivity contribution in [3.63, 3.8) is 0 Å². The molecule has 1 aromatic carbocycles. The van der Waals surface area contributed by atoms with Gasteiger partial charge in [0.2, 0.25) is 0 Å². The van der Waals surface area contributed by atoms with E-state index in [1.54, 1.807) is 25.2 Å². The summed E-state index contributed by atoms with van der Waals surface area (Å²) < 4.78 is 13.1. The van der Waals surface area contributed by atoms with Gasteiger partial charge in [0.05, 0.1) is 0 Å². The third kappa shape index (κ3) is 2.86. The zero-order valence-electron chi connectivity index (χ0n) is 10.3. The van der Waals surface area contributed by atoms with Crippen molar-refractivity contribution in [2.45, 2.75) is 0 Å². The molecule has 2 aromatic rings. The number of hydrogen-bond acceptors (Lipinski definition) is 4. The molecule has 0 saturated heterocycles. The van der Waals surface area contributed by atoms with Gasteiger partial charge in [-0.05, 0) is 30.3 Å². The van der Waals surface area contributed by atoms with Crippen LogP contribution >= 0.6 is 0 Å². The lowest BCUT2D eigenvalue weighted by Crippen LogP contribution is -2.26. The van der Waals surface area contributed by atoms with Gasteiger partial charge >= 0.3 is 0 Å². The molecular weight excluding hydrogens is 247 g/mol. The number of nitrogen functional groups attached to an aromatic ring is 1. The predicted molar refractivity (Wildman–Crippen MR) is 71.2 cm³/mol. The van der Waals surface area contributed by atoms with Gasteiger partial charge in [0.25, 0.3) is 5.91 Å². The van der Waals surface area contributed by atoms with Crippen molar-refractivity contribution in [2.24, 2.45) is 5.84 Å². The molecule has 0 spiro atoms. The molecule has 0 atom stereocenters. The van der Waals surface area contributed by atoms with E-state index in [9.17, 15) is 9.18 Å². The first-order valence-corrected chi connectivity index (χ1v) is 5.58. The van der Waals surface area contributed by atoms with Gasteiger partial charge in [-0.3, -0.25) is 4.79 Å². The highest BCUT2D eigenvalue weighted by Crippen LogP contribution is 2.17. The van der Waals surface area contributed by atoms with Crippen molar-refractivity contribution >= 4 is 17.4 Å². The quantitative estimate of drug-likeness (QED) is 0.652. The fourth-order valence-electron chi connectivity index (χ4n) is 1.64. The molecule has 0 saturated carbocycles. The number of rotatable bonds is 3. The van der Waals surface area contributed by atoms with Crippen LogP contribution in [0.5, 0.6) is 0 Å². The Bertz CT molecular complexity index is 603. The first kappa shape index (κ1) is 13.0. The summed E-state index contributed by atoms with van der Waals surface area (Å²) in [5.74, 6) is 4.96. The van der Waals surface area contributed by atoms with Crippen LogP contribution in [0.15, 0.2) is 42.6 Å². The van der Waals surface area contributed by atoms with Crippen LogP contribution in [-0.4, -0.2) is 17.9 Å². The van der Waals surface area contributed by atoms with Crippen LogP contribution in [0.25, 0.3) is 0 Å². The van der Waals surface area contributed by atoms with Crippen molar-refractivity contribution in [3.05, 3.63) is 54.0 Å². The molecular formula is C13H13FN4O. The largest absolute Gasteiger partial charge is 0.311 e. The van der Waals surface area contributed by atoms with Crippen molar-refractivity contribution in [2.75, 3.05) is 17.4 Å². The Hall–Kier alpha value is -2.47. The summed E-state index contributed by atoms with van der Waals surface area (Å²) in [5, 5.41) is 0. The Morgan fingerprint density at radius 1 is 1.37 bits per heavy atom. The van der Waals surface area contributed by atoms with Crippen molar-refractivity contribution in [3.8, 4) is 0 Å². The molecule has 1 aromatic heterocycles. The van der Waals surface area contributed by atoms with Crippen LogP contribution in [-0.2, 0) is 0 Å². The molecule has 0 aliphatic rings. The Labute approximate surface area is 109 Å². The number of anilines is 2. The number of nitrogens with two attached hydrogens (primary N) is 1. The summed E-state index contributed by atoms with van der Waals surface area (Å²) >= 11 is 0. The van der Waals surface area contributed by atoms with Crippen LogP contribution in [0.1, 0.15) is 10.4 Å². The maximum atomic E-state index is 13.1. The number of carbonyl (C=O) groups is 1. The van der Waals surface area contributed by atoms with Crippen LogP contribution in [0.4, 0.5) is 15.9 Å². The number of nitrogens with one attached hydrogen (secondary N) is 1. The molecule has 3 N–H and O–H groups in total. The standard InChI is InChI=1S/C13H13FN4O/c1-18(11-4-2-3-10(14)8-11)13(19)9-5-6-16-12(7-9)17-15/h2-8H,15H2,1H3,(H,16,17). The van der Waals surface area contributed by atoms with Crippen molar-refractivity contribution in [1.29, 1.82) is 0 Å². The average Bonchev–Trinajstić information content (AvgIpc) is 2.45. The number of benzene rings is 1. The number of hydrazine groups is 1. The number of aromatic nitrogens is 1. The van der Waals surface area contributed by atoms with Gasteiger partial charge in [0.1, 0.15) is 11.6 Å². The van der Waals surface area contributed by atoms with E-state index in [1.165, 1.54) is 29.3 Å². The highest BCUT2D eigenvalue weighted by molar-refractivity contribution is 6.06. The number of hydrogen-bond donors (Lipinski definition) is 2. The van der Waals surface area contributed by atoms with Gasteiger partial charge < -0.3 is 10.3 Å². The minimum Gasteiger partial charge on any atom is -0.311 e. The van der Waals surface area contributed by atoms with Crippen molar-refractivity contribution in [1.82, 2.24) is 4.98 Å². The Morgan fingerprint density at radius 2 is 2.16 bits per heavy atom. The highest BCUT2D eigenvalue weighted by atomic mass is 19.1. The summed E-state index contributed by atoms with van der Waals surface area (Å²) in [6.07, 6.45) is 1.47. The van der Waals surface area contributed by atoms with Gasteiger partial charge in [-0.1, -0.05) is 6.07 Å². The molecule has 1 amide bonds. The van der Waals surface area contributed by atoms with E-state index in [-0.39, 0.29) is 5.91 Å². The Balaban J connectivity index is 2.28.